The molecule has 4 heteroatoms. The summed E-state index contributed by atoms with van der Waals surface area (Å²) in [6.45, 7) is 4.84. The number of fused-ring (bicyclic) bond motifs is 5. The van der Waals surface area contributed by atoms with E-state index in [1.807, 2.05) is 0 Å². The van der Waals surface area contributed by atoms with E-state index in [4.69, 9.17) is 0 Å². The average molecular weight is 349 g/mol. The zero-order valence-electron chi connectivity index (χ0n) is 16.5. The van der Waals surface area contributed by atoms with Crippen molar-refractivity contribution in [3.8, 4) is 0 Å². The summed E-state index contributed by atoms with van der Waals surface area (Å²) in [5.74, 6) is 3.04. The minimum Gasteiger partial charge on any atom is -0.306 e. The van der Waals surface area contributed by atoms with Gasteiger partial charge in [-0.25, -0.2) is 0 Å². The van der Waals surface area contributed by atoms with Crippen LogP contribution >= 0.6 is 0 Å². The lowest BCUT2D eigenvalue weighted by atomic mass is 9.45. The number of nitro groups is 1. The highest BCUT2D eigenvalue weighted by Gasteiger charge is 2.63. The predicted molar refractivity (Wildman–Crippen MR) is 100.0 cm³/mol. The number of hydrogen-bond donors (Lipinski definition) is 0. The van der Waals surface area contributed by atoms with E-state index in [1.54, 1.807) is 0 Å². The van der Waals surface area contributed by atoms with Crippen LogP contribution in [0, 0.1) is 44.6 Å². The van der Waals surface area contributed by atoms with Gasteiger partial charge in [0.05, 0.1) is 0 Å². The van der Waals surface area contributed by atoms with Crippen LogP contribution in [0.3, 0.4) is 0 Å². The molecule has 0 unspecified atom stereocenters. The van der Waals surface area contributed by atoms with Crippen LogP contribution in [0.4, 0.5) is 0 Å². The highest BCUT2D eigenvalue weighted by molar-refractivity contribution is 5.09. The van der Waals surface area contributed by atoms with Crippen molar-refractivity contribution in [3.05, 3.63) is 10.1 Å². The zero-order chi connectivity index (χ0) is 18.0. The van der Waals surface area contributed by atoms with Crippen LogP contribution in [0.2, 0.25) is 0 Å². The van der Waals surface area contributed by atoms with Crippen molar-refractivity contribution >= 4 is 0 Å². The molecule has 0 amide bonds. The Morgan fingerprint density at radius 3 is 2.28 bits per heavy atom. The summed E-state index contributed by atoms with van der Waals surface area (Å²) in [5, 5.41) is 11.6. The normalized spacial score (nSPS) is 52.4. The number of nitrogens with zero attached hydrogens (tertiary/aromatic N) is 2. The molecule has 8 atom stereocenters. The van der Waals surface area contributed by atoms with E-state index in [0.29, 0.717) is 11.3 Å². The molecule has 0 aliphatic heterocycles. The smallest absolute Gasteiger partial charge is 0.218 e. The molecule has 4 fully saturated rings. The highest BCUT2D eigenvalue weighted by atomic mass is 16.6. The molecule has 4 aliphatic carbocycles. The van der Waals surface area contributed by atoms with Gasteiger partial charge < -0.3 is 4.90 Å². The first kappa shape index (κ1) is 17.8. The van der Waals surface area contributed by atoms with E-state index < -0.39 is 0 Å². The van der Waals surface area contributed by atoms with Gasteiger partial charge in [0.15, 0.2) is 0 Å². The van der Waals surface area contributed by atoms with Gasteiger partial charge in [-0.2, -0.15) is 0 Å². The Kier molecular flexibility index (Phi) is 4.22. The maximum Gasteiger partial charge on any atom is 0.218 e. The van der Waals surface area contributed by atoms with Gasteiger partial charge in [-0.3, -0.25) is 10.1 Å². The molecule has 0 radical (unpaired) electrons. The van der Waals surface area contributed by atoms with Crippen molar-refractivity contribution in [3.63, 3.8) is 0 Å². The Labute approximate surface area is 152 Å². The van der Waals surface area contributed by atoms with Gasteiger partial charge in [0.2, 0.25) is 6.04 Å². The summed E-state index contributed by atoms with van der Waals surface area (Å²) in [7, 11) is 4.47. The van der Waals surface area contributed by atoms with Crippen LogP contribution in [0.25, 0.3) is 0 Å². The van der Waals surface area contributed by atoms with Crippen LogP contribution in [-0.2, 0) is 0 Å². The molecule has 0 aromatic heterocycles. The third kappa shape index (κ3) is 2.49. The molecular weight excluding hydrogens is 312 g/mol. The standard InChI is InChI=1S/C21H36N2O2/c1-20-11-9-15(22(3)4)13-14(20)5-6-16-17-7-8-19(23(24)25)21(17,2)12-10-18(16)20/h14-19H,5-13H2,1-4H3/t14-,15+,16-,17-,18-,19-,20-,21-/m0/s1. The Bertz CT molecular complexity index is 550. The van der Waals surface area contributed by atoms with Gasteiger partial charge in [-0.05, 0) is 94.5 Å². The molecule has 0 N–H and O–H groups in total. The third-order valence-electron chi connectivity index (χ3n) is 9.57. The highest BCUT2D eigenvalue weighted by Crippen LogP contribution is 2.66. The maximum absolute atomic E-state index is 11.6. The Morgan fingerprint density at radius 2 is 1.60 bits per heavy atom. The average Bonchev–Trinajstić information content (AvgIpc) is 2.91. The van der Waals surface area contributed by atoms with Crippen molar-refractivity contribution < 1.29 is 4.92 Å². The number of hydrogen-bond acceptors (Lipinski definition) is 3. The maximum atomic E-state index is 11.6. The second-order valence-electron chi connectivity index (χ2n) is 10.5. The van der Waals surface area contributed by atoms with E-state index in [0.717, 1.165) is 43.1 Å². The monoisotopic (exact) mass is 348 g/mol. The fourth-order valence-electron chi connectivity index (χ4n) is 8.02. The summed E-state index contributed by atoms with van der Waals surface area (Å²) in [6.07, 6.45) is 11.0. The quantitative estimate of drug-likeness (QED) is 0.541. The molecule has 4 rings (SSSR count). The minimum atomic E-state index is -0.284. The summed E-state index contributed by atoms with van der Waals surface area (Å²) in [5.41, 5.74) is 0.457. The molecule has 0 saturated heterocycles. The first-order valence-corrected chi connectivity index (χ1v) is 10.6. The van der Waals surface area contributed by atoms with Gasteiger partial charge in [-0.15, -0.1) is 0 Å². The largest absolute Gasteiger partial charge is 0.306 e. The lowest BCUT2D eigenvalue weighted by Crippen LogP contribution is -2.55. The summed E-state index contributed by atoms with van der Waals surface area (Å²) in [4.78, 5) is 14.1. The van der Waals surface area contributed by atoms with Crippen LogP contribution < -0.4 is 0 Å². The van der Waals surface area contributed by atoms with Gasteiger partial charge >= 0.3 is 0 Å². The van der Waals surface area contributed by atoms with Crippen molar-refractivity contribution in [1.82, 2.24) is 4.90 Å². The topological polar surface area (TPSA) is 46.4 Å². The fraction of sp³-hybridized carbons (Fsp3) is 1.00. The predicted octanol–water partition coefficient (Wildman–Crippen LogP) is 4.60. The minimum absolute atomic E-state index is 0.0330. The SMILES string of the molecule is CN(C)[C@@H]1CC[C@@]2(C)[C@@H](CC[C@@H]3[C@@H]2CC[C@]2(C)[C@@H]([N+](=O)[O-])CC[C@@H]32)C1. The third-order valence-corrected chi connectivity index (χ3v) is 9.57. The van der Waals surface area contributed by atoms with Crippen molar-refractivity contribution in [2.75, 3.05) is 14.1 Å². The van der Waals surface area contributed by atoms with Gasteiger partial charge in [-0.1, -0.05) is 13.8 Å². The van der Waals surface area contributed by atoms with Gasteiger partial charge in [0, 0.05) is 22.8 Å². The molecule has 25 heavy (non-hydrogen) atoms. The second-order valence-corrected chi connectivity index (χ2v) is 10.5. The van der Waals surface area contributed by atoms with Crippen molar-refractivity contribution in [1.29, 1.82) is 0 Å². The molecule has 0 spiro atoms. The molecule has 0 aromatic rings. The Balaban J connectivity index is 1.57. The molecular formula is C21H36N2O2. The summed E-state index contributed by atoms with van der Waals surface area (Å²) >= 11 is 0. The molecule has 4 saturated carbocycles. The number of rotatable bonds is 2. The first-order chi connectivity index (χ1) is 11.8. The Hall–Kier alpha value is -0.640. The molecule has 4 nitrogen and oxygen atoms in total. The molecule has 0 heterocycles. The molecule has 142 valence electrons. The summed E-state index contributed by atoms with van der Waals surface area (Å²) < 4.78 is 0. The van der Waals surface area contributed by atoms with Crippen LogP contribution in [0.5, 0.6) is 0 Å². The van der Waals surface area contributed by atoms with Crippen LogP contribution in [0.15, 0.2) is 0 Å². The van der Waals surface area contributed by atoms with Crippen molar-refractivity contribution in [2.24, 2.45) is 34.5 Å². The van der Waals surface area contributed by atoms with Crippen LogP contribution in [0.1, 0.15) is 71.6 Å². The van der Waals surface area contributed by atoms with E-state index >= 15 is 0 Å². The van der Waals surface area contributed by atoms with Gasteiger partial charge in [0.1, 0.15) is 0 Å². The molecule has 0 aromatic carbocycles. The summed E-state index contributed by atoms with van der Waals surface area (Å²) in [6, 6.07) is 0.474. The molecule has 4 aliphatic rings. The van der Waals surface area contributed by atoms with Crippen LogP contribution in [-0.4, -0.2) is 36.0 Å². The zero-order valence-corrected chi connectivity index (χ0v) is 16.5. The Morgan fingerprint density at radius 1 is 0.920 bits per heavy atom. The lowest BCUT2D eigenvalue weighted by molar-refractivity contribution is -0.540. The second kappa shape index (κ2) is 5.94. The van der Waals surface area contributed by atoms with E-state index in [9.17, 15) is 10.1 Å². The van der Waals surface area contributed by atoms with E-state index in [-0.39, 0.29) is 16.4 Å². The fourth-order valence-corrected chi connectivity index (χ4v) is 8.02. The van der Waals surface area contributed by atoms with E-state index in [1.165, 1.54) is 38.5 Å². The first-order valence-electron chi connectivity index (χ1n) is 10.6. The van der Waals surface area contributed by atoms with Gasteiger partial charge in [0.25, 0.3) is 0 Å². The molecule has 0 bridgehead atoms. The van der Waals surface area contributed by atoms with Crippen molar-refractivity contribution in [2.45, 2.75) is 83.7 Å². The lowest BCUT2D eigenvalue weighted by Gasteiger charge is -2.60. The van der Waals surface area contributed by atoms with E-state index in [2.05, 4.69) is 32.8 Å².